The van der Waals surface area contributed by atoms with Gasteiger partial charge in [-0.2, -0.15) is 0 Å². The van der Waals surface area contributed by atoms with Crippen LogP contribution in [0.2, 0.25) is 0 Å². The molecule has 0 bridgehead atoms. The number of benzene rings is 2. The number of para-hydroxylation sites is 2. The molecule has 0 radical (unpaired) electrons. The lowest BCUT2D eigenvalue weighted by atomic mass is 10.2. The molecule has 24 heavy (non-hydrogen) atoms. The van der Waals surface area contributed by atoms with Crippen LogP contribution in [0.4, 0.5) is 0 Å². The number of aromatic nitrogens is 2. The SMILES string of the molecule is COC(=O)c1nc2ccccc2n(C/C=C/c2ccccc2)c1=O. The number of rotatable bonds is 4. The van der Waals surface area contributed by atoms with Gasteiger partial charge in [-0.15, -0.1) is 0 Å². The summed E-state index contributed by atoms with van der Waals surface area (Å²) in [5.41, 5.74) is 1.62. The Morgan fingerprint density at radius 2 is 1.83 bits per heavy atom. The van der Waals surface area contributed by atoms with Crippen molar-refractivity contribution in [2.45, 2.75) is 6.54 Å². The Labute approximate surface area is 138 Å². The zero-order chi connectivity index (χ0) is 16.9. The first-order valence-electron chi connectivity index (χ1n) is 7.50. The third-order valence-corrected chi connectivity index (χ3v) is 3.63. The molecule has 0 N–H and O–H groups in total. The number of ether oxygens (including phenoxy) is 1. The van der Waals surface area contributed by atoms with Crippen LogP contribution in [0.25, 0.3) is 17.1 Å². The van der Waals surface area contributed by atoms with Gasteiger partial charge in [0.05, 0.1) is 18.1 Å². The highest BCUT2D eigenvalue weighted by atomic mass is 16.5. The van der Waals surface area contributed by atoms with Gasteiger partial charge in [-0.25, -0.2) is 9.78 Å². The Morgan fingerprint density at radius 1 is 1.12 bits per heavy atom. The van der Waals surface area contributed by atoms with Crippen LogP contribution in [0.15, 0.2) is 65.5 Å². The summed E-state index contributed by atoms with van der Waals surface area (Å²) >= 11 is 0. The van der Waals surface area contributed by atoms with E-state index in [2.05, 4.69) is 9.72 Å². The Bertz CT molecular complexity index is 959. The highest BCUT2D eigenvalue weighted by Crippen LogP contribution is 2.11. The van der Waals surface area contributed by atoms with E-state index < -0.39 is 11.5 Å². The van der Waals surface area contributed by atoms with E-state index in [1.54, 1.807) is 12.1 Å². The van der Waals surface area contributed by atoms with E-state index in [0.717, 1.165) is 5.56 Å². The van der Waals surface area contributed by atoms with Crippen LogP contribution in [-0.2, 0) is 11.3 Å². The Balaban J connectivity index is 2.05. The van der Waals surface area contributed by atoms with Crippen LogP contribution in [0.1, 0.15) is 16.1 Å². The van der Waals surface area contributed by atoms with Crippen molar-refractivity contribution in [3.05, 3.63) is 82.3 Å². The first-order valence-corrected chi connectivity index (χ1v) is 7.50. The summed E-state index contributed by atoms with van der Waals surface area (Å²) in [6.45, 7) is 0.334. The van der Waals surface area contributed by atoms with Crippen molar-refractivity contribution in [1.29, 1.82) is 0 Å². The van der Waals surface area contributed by atoms with Gasteiger partial charge < -0.3 is 9.30 Å². The number of hydrogen-bond acceptors (Lipinski definition) is 4. The molecule has 0 fully saturated rings. The standard InChI is InChI=1S/C19H16N2O3/c1-24-19(23)17-18(22)21(16-12-6-5-11-15(16)20-17)13-7-10-14-8-3-2-4-9-14/h2-12H,13H2,1H3/b10-7+. The molecule has 0 saturated carbocycles. The van der Waals surface area contributed by atoms with Crippen LogP contribution in [0.5, 0.6) is 0 Å². The Hall–Kier alpha value is -3.21. The van der Waals surface area contributed by atoms with Crippen molar-refractivity contribution in [1.82, 2.24) is 9.55 Å². The highest BCUT2D eigenvalue weighted by molar-refractivity contribution is 5.89. The number of methoxy groups -OCH3 is 1. The van der Waals surface area contributed by atoms with Gasteiger partial charge in [0.2, 0.25) is 5.69 Å². The topological polar surface area (TPSA) is 61.2 Å². The molecule has 0 aliphatic rings. The largest absolute Gasteiger partial charge is 0.464 e. The molecule has 0 spiro atoms. The molecule has 0 unspecified atom stereocenters. The maximum Gasteiger partial charge on any atom is 0.362 e. The number of esters is 1. The van der Waals surface area contributed by atoms with Gasteiger partial charge in [0.15, 0.2) is 0 Å². The molecule has 0 aliphatic carbocycles. The van der Waals surface area contributed by atoms with Crippen molar-refractivity contribution in [3.63, 3.8) is 0 Å². The summed E-state index contributed by atoms with van der Waals surface area (Å²) in [4.78, 5) is 28.5. The van der Waals surface area contributed by atoms with Gasteiger partial charge >= 0.3 is 5.97 Å². The zero-order valence-electron chi connectivity index (χ0n) is 13.2. The fraction of sp³-hybridized carbons (Fsp3) is 0.105. The van der Waals surface area contributed by atoms with E-state index in [-0.39, 0.29) is 5.69 Å². The van der Waals surface area contributed by atoms with Crippen molar-refractivity contribution in [2.75, 3.05) is 7.11 Å². The number of allylic oxidation sites excluding steroid dienone is 1. The molecule has 0 aliphatic heterocycles. The summed E-state index contributed by atoms with van der Waals surface area (Å²) < 4.78 is 6.18. The minimum atomic E-state index is -0.730. The summed E-state index contributed by atoms with van der Waals surface area (Å²) in [5.74, 6) is -0.730. The van der Waals surface area contributed by atoms with E-state index in [0.29, 0.717) is 17.6 Å². The van der Waals surface area contributed by atoms with E-state index >= 15 is 0 Å². The summed E-state index contributed by atoms with van der Waals surface area (Å²) in [7, 11) is 1.23. The van der Waals surface area contributed by atoms with Gasteiger partial charge in [-0.05, 0) is 17.7 Å². The van der Waals surface area contributed by atoms with Gasteiger partial charge in [0, 0.05) is 6.54 Å². The number of carbonyl (C=O) groups excluding carboxylic acids is 1. The Morgan fingerprint density at radius 3 is 2.58 bits per heavy atom. The first-order chi connectivity index (χ1) is 11.7. The molecule has 2 aromatic carbocycles. The van der Waals surface area contributed by atoms with Crippen molar-refractivity contribution in [2.24, 2.45) is 0 Å². The number of nitrogens with zero attached hydrogens (tertiary/aromatic N) is 2. The third kappa shape index (κ3) is 3.10. The number of carbonyl (C=O) groups is 1. The van der Waals surface area contributed by atoms with Crippen LogP contribution < -0.4 is 5.56 Å². The number of fused-ring (bicyclic) bond motifs is 1. The fourth-order valence-electron chi connectivity index (χ4n) is 2.46. The quantitative estimate of drug-likeness (QED) is 0.694. The molecule has 1 aromatic heterocycles. The lowest BCUT2D eigenvalue weighted by molar-refractivity contribution is 0.0591. The van der Waals surface area contributed by atoms with Crippen LogP contribution in [0, 0.1) is 0 Å². The number of hydrogen-bond donors (Lipinski definition) is 0. The maximum atomic E-state index is 12.6. The molecule has 120 valence electrons. The predicted octanol–water partition coefficient (Wildman–Crippen LogP) is 2.90. The van der Waals surface area contributed by atoms with Crippen LogP contribution in [0.3, 0.4) is 0 Å². The van der Waals surface area contributed by atoms with E-state index in [9.17, 15) is 9.59 Å². The summed E-state index contributed by atoms with van der Waals surface area (Å²) in [5, 5.41) is 0. The minimum absolute atomic E-state index is 0.204. The Kier molecular flexibility index (Phi) is 4.52. The highest BCUT2D eigenvalue weighted by Gasteiger charge is 2.17. The van der Waals surface area contributed by atoms with Crippen LogP contribution in [-0.4, -0.2) is 22.6 Å². The second-order valence-electron chi connectivity index (χ2n) is 5.17. The van der Waals surface area contributed by atoms with Gasteiger partial charge in [-0.1, -0.05) is 54.6 Å². The molecule has 1 heterocycles. The van der Waals surface area contributed by atoms with E-state index in [1.165, 1.54) is 11.7 Å². The van der Waals surface area contributed by atoms with E-state index in [4.69, 9.17) is 0 Å². The maximum absolute atomic E-state index is 12.6. The molecular formula is C19H16N2O3. The smallest absolute Gasteiger partial charge is 0.362 e. The second-order valence-corrected chi connectivity index (χ2v) is 5.17. The van der Waals surface area contributed by atoms with Crippen LogP contribution >= 0.6 is 0 Å². The minimum Gasteiger partial charge on any atom is -0.464 e. The van der Waals surface area contributed by atoms with Crippen molar-refractivity contribution in [3.8, 4) is 0 Å². The monoisotopic (exact) mass is 320 g/mol. The lowest BCUT2D eigenvalue weighted by Gasteiger charge is -2.09. The zero-order valence-corrected chi connectivity index (χ0v) is 13.2. The van der Waals surface area contributed by atoms with E-state index in [1.807, 2.05) is 54.6 Å². The van der Waals surface area contributed by atoms with Crippen molar-refractivity contribution >= 4 is 23.1 Å². The van der Waals surface area contributed by atoms with Gasteiger partial charge in [0.25, 0.3) is 5.56 Å². The molecule has 5 heteroatoms. The van der Waals surface area contributed by atoms with Crippen molar-refractivity contribution < 1.29 is 9.53 Å². The average Bonchev–Trinajstić information content (AvgIpc) is 2.63. The molecule has 0 amide bonds. The second kappa shape index (κ2) is 6.91. The van der Waals surface area contributed by atoms with Gasteiger partial charge in [0.1, 0.15) is 0 Å². The van der Waals surface area contributed by atoms with Gasteiger partial charge in [-0.3, -0.25) is 4.79 Å². The molecule has 3 rings (SSSR count). The molecule has 5 nitrogen and oxygen atoms in total. The molecule has 0 atom stereocenters. The predicted molar refractivity (Wildman–Crippen MR) is 92.8 cm³/mol. The first kappa shape index (κ1) is 15.7. The third-order valence-electron chi connectivity index (χ3n) is 3.63. The molecule has 0 saturated heterocycles. The molecule has 3 aromatic rings. The average molecular weight is 320 g/mol. The normalized spacial score (nSPS) is 11.0. The summed E-state index contributed by atoms with van der Waals surface area (Å²) in [6.07, 6.45) is 3.81. The molecular weight excluding hydrogens is 304 g/mol. The lowest BCUT2D eigenvalue weighted by Crippen LogP contribution is -2.28. The fourth-order valence-corrected chi connectivity index (χ4v) is 2.46. The summed E-state index contributed by atoms with van der Waals surface area (Å²) in [6, 6.07) is 17.0.